The van der Waals surface area contributed by atoms with E-state index in [2.05, 4.69) is 10.0 Å². The fourth-order valence-corrected chi connectivity index (χ4v) is 5.07. The molecule has 3 aromatic carbocycles. The zero-order chi connectivity index (χ0) is 24.8. The summed E-state index contributed by atoms with van der Waals surface area (Å²) in [5.74, 6) is -0.0708. The number of carbonyl (C=O) groups excluding carboxylic acids is 2. The minimum absolute atomic E-state index is 0.111. The highest BCUT2D eigenvalue weighted by molar-refractivity contribution is 7.92. The van der Waals surface area contributed by atoms with E-state index in [1.807, 2.05) is 18.2 Å². The van der Waals surface area contributed by atoms with Crippen molar-refractivity contribution in [2.45, 2.75) is 11.3 Å². The second kappa shape index (κ2) is 10.6. The molecule has 9 nitrogen and oxygen atoms in total. The summed E-state index contributed by atoms with van der Waals surface area (Å²) in [5, 5.41) is 3.17. The lowest BCUT2D eigenvalue weighted by atomic mass is 10.1. The number of hydrogen-bond donors (Lipinski definition) is 3. The van der Waals surface area contributed by atoms with Crippen molar-refractivity contribution < 1.29 is 22.7 Å². The molecule has 0 atom stereocenters. The molecule has 10 heteroatoms. The number of rotatable bonds is 8. The zero-order valence-corrected chi connectivity index (χ0v) is 19.8. The number of sulfonamides is 1. The van der Waals surface area contributed by atoms with Gasteiger partial charge in [-0.05, 0) is 48.0 Å². The fourth-order valence-electron chi connectivity index (χ4n) is 3.78. The Kier molecular flexibility index (Phi) is 7.33. The van der Waals surface area contributed by atoms with Gasteiger partial charge < -0.3 is 20.7 Å². The summed E-state index contributed by atoms with van der Waals surface area (Å²) in [7, 11) is -4.14. The molecule has 2 amide bonds. The van der Waals surface area contributed by atoms with Crippen LogP contribution < -0.4 is 20.5 Å². The van der Waals surface area contributed by atoms with Crippen LogP contribution in [0, 0.1) is 0 Å². The summed E-state index contributed by atoms with van der Waals surface area (Å²) in [4.78, 5) is 26.2. The Morgan fingerprint density at radius 2 is 1.66 bits per heavy atom. The highest BCUT2D eigenvalue weighted by atomic mass is 32.2. The van der Waals surface area contributed by atoms with Crippen molar-refractivity contribution in [2.24, 2.45) is 5.73 Å². The summed E-state index contributed by atoms with van der Waals surface area (Å²) in [5.41, 5.74) is 5.96. The van der Waals surface area contributed by atoms with Crippen molar-refractivity contribution in [1.29, 1.82) is 0 Å². The standard InChI is InChI=1S/C25H26N4O5S/c26-25(31)18-10-11-23(19(16-18)17-24(30)29-14-12-27-13-15-29)35(32,33)28-21-8-4-5-9-22(21)34-20-6-2-1-3-7-20/h1-11,16,27-28H,12-15,17H2,(H2,26,31). The number of para-hydroxylation sites is 3. The first-order valence-electron chi connectivity index (χ1n) is 11.1. The van der Waals surface area contributed by atoms with E-state index in [0.717, 1.165) is 0 Å². The van der Waals surface area contributed by atoms with Crippen molar-refractivity contribution in [3.63, 3.8) is 0 Å². The minimum Gasteiger partial charge on any atom is -0.455 e. The van der Waals surface area contributed by atoms with Gasteiger partial charge in [-0.3, -0.25) is 14.3 Å². The van der Waals surface area contributed by atoms with Gasteiger partial charge in [0.15, 0.2) is 5.75 Å². The number of benzene rings is 3. The Labute approximate surface area is 203 Å². The number of nitrogens with two attached hydrogens (primary N) is 1. The lowest BCUT2D eigenvalue weighted by Crippen LogP contribution is -2.47. The topological polar surface area (TPSA) is 131 Å². The largest absolute Gasteiger partial charge is 0.455 e. The highest BCUT2D eigenvalue weighted by Gasteiger charge is 2.25. The van der Waals surface area contributed by atoms with Crippen LogP contribution in [0.5, 0.6) is 11.5 Å². The van der Waals surface area contributed by atoms with Gasteiger partial charge in [0.25, 0.3) is 10.0 Å². The van der Waals surface area contributed by atoms with Crippen molar-refractivity contribution >= 4 is 27.5 Å². The first-order valence-corrected chi connectivity index (χ1v) is 12.6. The molecule has 0 bridgehead atoms. The van der Waals surface area contributed by atoms with Crippen LogP contribution in [0.3, 0.4) is 0 Å². The molecule has 35 heavy (non-hydrogen) atoms. The van der Waals surface area contributed by atoms with Crippen LogP contribution in [0.25, 0.3) is 0 Å². The average Bonchev–Trinajstić information content (AvgIpc) is 2.86. The van der Waals surface area contributed by atoms with Gasteiger partial charge in [-0.15, -0.1) is 0 Å². The number of carbonyl (C=O) groups is 2. The monoisotopic (exact) mass is 494 g/mol. The van der Waals surface area contributed by atoms with Crippen LogP contribution in [-0.2, 0) is 21.2 Å². The van der Waals surface area contributed by atoms with E-state index in [0.29, 0.717) is 37.7 Å². The fraction of sp³-hybridized carbons (Fsp3) is 0.200. The van der Waals surface area contributed by atoms with E-state index in [-0.39, 0.29) is 34.0 Å². The van der Waals surface area contributed by atoms with Crippen molar-refractivity contribution in [3.05, 3.63) is 83.9 Å². The first-order chi connectivity index (χ1) is 16.8. The summed E-state index contributed by atoms with van der Waals surface area (Å²) in [6, 6.07) is 19.6. The lowest BCUT2D eigenvalue weighted by Gasteiger charge is -2.27. The minimum atomic E-state index is -4.14. The number of nitrogens with one attached hydrogen (secondary N) is 2. The van der Waals surface area contributed by atoms with E-state index in [1.54, 1.807) is 41.3 Å². The van der Waals surface area contributed by atoms with Crippen LogP contribution in [0.2, 0.25) is 0 Å². The van der Waals surface area contributed by atoms with E-state index in [4.69, 9.17) is 10.5 Å². The van der Waals surface area contributed by atoms with Crippen LogP contribution in [0.15, 0.2) is 77.7 Å². The van der Waals surface area contributed by atoms with Crippen LogP contribution in [0.1, 0.15) is 15.9 Å². The number of ether oxygens (including phenoxy) is 1. The molecule has 0 saturated carbocycles. The molecular weight excluding hydrogens is 468 g/mol. The van der Waals surface area contributed by atoms with Gasteiger partial charge in [0.2, 0.25) is 11.8 Å². The maximum absolute atomic E-state index is 13.4. The molecule has 182 valence electrons. The Balaban J connectivity index is 1.65. The van der Waals surface area contributed by atoms with Crippen molar-refractivity contribution in [3.8, 4) is 11.5 Å². The highest BCUT2D eigenvalue weighted by Crippen LogP contribution is 2.31. The molecule has 1 fully saturated rings. The van der Waals surface area contributed by atoms with Gasteiger partial charge in [-0.2, -0.15) is 0 Å². The third-order valence-corrected chi connectivity index (χ3v) is 7.01. The molecule has 0 aliphatic carbocycles. The van der Waals surface area contributed by atoms with E-state index in [1.165, 1.54) is 18.2 Å². The molecule has 1 aliphatic rings. The third-order valence-electron chi connectivity index (χ3n) is 5.55. The number of hydrogen-bond acceptors (Lipinski definition) is 6. The molecule has 0 radical (unpaired) electrons. The third kappa shape index (κ3) is 5.97. The Morgan fingerprint density at radius 1 is 0.971 bits per heavy atom. The molecule has 1 saturated heterocycles. The zero-order valence-electron chi connectivity index (χ0n) is 18.9. The Morgan fingerprint density at radius 3 is 2.37 bits per heavy atom. The first kappa shape index (κ1) is 24.2. The maximum atomic E-state index is 13.4. The van der Waals surface area contributed by atoms with Crippen LogP contribution in [0.4, 0.5) is 5.69 Å². The summed E-state index contributed by atoms with van der Waals surface area (Å²) < 4.78 is 35.3. The maximum Gasteiger partial charge on any atom is 0.262 e. The molecule has 4 rings (SSSR count). The Hall–Kier alpha value is -3.89. The van der Waals surface area contributed by atoms with Gasteiger partial charge in [-0.1, -0.05) is 30.3 Å². The van der Waals surface area contributed by atoms with E-state index in [9.17, 15) is 18.0 Å². The molecule has 3 aromatic rings. The Bertz CT molecular complexity index is 1320. The SMILES string of the molecule is NC(=O)c1ccc(S(=O)(=O)Nc2ccccc2Oc2ccccc2)c(CC(=O)N2CCNCC2)c1. The van der Waals surface area contributed by atoms with Gasteiger partial charge in [0, 0.05) is 31.7 Å². The van der Waals surface area contributed by atoms with E-state index < -0.39 is 15.9 Å². The predicted octanol–water partition coefficient (Wildman–Crippen LogP) is 2.35. The van der Waals surface area contributed by atoms with Crippen LogP contribution in [-0.4, -0.2) is 51.3 Å². The van der Waals surface area contributed by atoms with Gasteiger partial charge >= 0.3 is 0 Å². The number of nitrogens with zero attached hydrogens (tertiary/aromatic N) is 1. The summed E-state index contributed by atoms with van der Waals surface area (Å²) in [6.45, 7) is 2.38. The number of primary amides is 1. The molecule has 0 unspecified atom stereocenters. The van der Waals surface area contributed by atoms with Crippen molar-refractivity contribution in [1.82, 2.24) is 10.2 Å². The number of amides is 2. The van der Waals surface area contributed by atoms with Gasteiger partial charge in [0.1, 0.15) is 5.75 Å². The summed E-state index contributed by atoms with van der Waals surface area (Å²) in [6.07, 6.45) is -0.181. The van der Waals surface area contributed by atoms with E-state index >= 15 is 0 Å². The molecule has 1 aliphatic heterocycles. The smallest absolute Gasteiger partial charge is 0.262 e. The normalized spacial score (nSPS) is 13.8. The average molecular weight is 495 g/mol. The quantitative estimate of drug-likeness (QED) is 0.441. The predicted molar refractivity (Wildman–Crippen MR) is 132 cm³/mol. The van der Waals surface area contributed by atoms with Gasteiger partial charge in [-0.25, -0.2) is 8.42 Å². The second-order valence-corrected chi connectivity index (χ2v) is 9.66. The van der Waals surface area contributed by atoms with Gasteiger partial charge in [0.05, 0.1) is 17.0 Å². The molecule has 1 heterocycles. The molecule has 0 spiro atoms. The van der Waals surface area contributed by atoms with Crippen molar-refractivity contribution in [2.75, 3.05) is 30.9 Å². The lowest BCUT2D eigenvalue weighted by molar-refractivity contribution is -0.131. The molecular formula is C25H26N4O5S. The molecule has 4 N–H and O–H groups in total. The molecule has 0 aromatic heterocycles. The second-order valence-electron chi connectivity index (χ2n) is 8.01. The summed E-state index contributed by atoms with van der Waals surface area (Å²) >= 11 is 0. The number of anilines is 1. The van der Waals surface area contributed by atoms with Crippen LogP contribution >= 0.6 is 0 Å². The number of piperazine rings is 1.